The first-order valence-corrected chi connectivity index (χ1v) is 4.93. The molecule has 0 aliphatic rings. The van der Waals surface area contributed by atoms with Crippen molar-refractivity contribution in [3.05, 3.63) is 33.3 Å². The van der Waals surface area contributed by atoms with Crippen LogP contribution in [-0.4, -0.2) is 12.1 Å². The minimum atomic E-state index is -4.65. The number of carbonyl (C=O) groups is 2. The maximum absolute atomic E-state index is 12.6. The maximum Gasteiger partial charge on any atom is 0.417 e. The van der Waals surface area contributed by atoms with Crippen LogP contribution in [0.1, 0.15) is 33.2 Å². The lowest BCUT2D eigenvalue weighted by molar-refractivity contribution is -0.137. The molecule has 0 aliphatic carbocycles. The molecule has 0 amide bonds. The zero-order chi connectivity index (χ0) is 12.5. The number of Topliss-reactive ketones (excluding diaryl/α,β-unsaturated/α-hetero) is 1. The number of ketones is 1. The van der Waals surface area contributed by atoms with Gasteiger partial charge >= 0.3 is 6.18 Å². The Kier molecular flexibility index (Phi) is 3.52. The van der Waals surface area contributed by atoms with E-state index < -0.39 is 23.1 Å². The van der Waals surface area contributed by atoms with Crippen molar-refractivity contribution in [2.45, 2.75) is 13.1 Å². The van der Waals surface area contributed by atoms with E-state index in [0.29, 0.717) is 12.4 Å². The van der Waals surface area contributed by atoms with Crippen molar-refractivity contribution in [3.63, 3.8) is 0 Å². The highest BCUT2D eigenvalue weighted by atomic mass is 79.9. The van der Waals surface area contributed by atoms with Gasteiger partial charge in [-0.25, -0.2) is 0 Å². The molecule has 0 atom stereocenters. The van der Waals surface area contributed by atoms with Crippen LogP contribution in [0.3, 0.4) is 0 Å². The van der Waals surface area contributed by atoms with Gasteiger partial charge in [0.05, 0.1) is 5.56 Å². The van der Waals surface area contributed by atoms with Crippen molar-refractivity contribution in [2.24, 2.45) is 0 Å². The van der Waals surface area contributed by atoms with E-state index in [4.69, 9.17) is 0 Å². The zero-order valence-electron chi connectivity index (χ0n) is 8.06. The van der Waals surface area contributed by atoms with Crippen LogP contribution in [-0.2, 0) is 6.18 Å². The Bertz CT molecular complexity index is 452. The first kappa shape index (κ1) is 12.9. The average Bonchev–Trinajstić information content (AvgIpc) is 2.15. The molecule has 16 heavy (non-hydrogen) atoms. The molecule has 0 unspecified atom stereocenters. The van der Waals surface area contributed by atoms with E-state index in [2.05, 4.69) is 15.9 Å². The second-order valence-electron chi connectivity index (χ2n) is 3.09. The molecular weight excluding hydrogens is 289 g/mol. The first-order chi connectivity index (χ1) is 7.27. The summed E-state index contributed by atoms with van der Waals surface area (Å²) in [5, 5.41) is 0. The molecule has 0 N–H and O–H groups in total. The SMILES string of the molecule is CC(=O)c1cc(Br)c(C=O)cc1C(F)(F)F. The number of halogens is 4. The van der Waals surface area contributed by atoms with Crippen molar-refractivity contribution in [1.29, 1.82) is 0 Å². The summed E-state index contributed by atoms with van der Waals surface area (Å²) in [6.07, 6.45) is -4.36. The highest BCUT2D eigenvalue weighted by Crippen LogP contribution is 2.34. The van der Waals surface area contributed by atoms with E-state index in [1.807, 2.05) is 0 Å². The van der Waals surface area contributed by atoms with Crippen LogP contribution in [0.2, 0.25) is 0 Å². The molecule has 0 aromatic heterocycles. The van der Waals surface area contributed by atoms with E-state index in [0.717, 1.165) is 13.0 Å². The van der Waals surface area contributed by atoms with Crippen LogP contribution in [0.4, 0.5) is 13.2 Å². The molecule has 2 nitrogen and oxygen atoms in total. The van der Waals surface area contributed by atoms with Crippen molar-refractivity contribution in [2.75, 3.05) is 0 Å². The molecule has 0 saturated heterocycles. The molecule has 1 rings (SSSR count). The molecule has 0 saturated carbocycles. The summed E-state index contributed by atoms with van der Waals surface area (Å²) in [7, 11) is 0. The molecule has 0 spiro atoms. The molecular formula is C10H6BrF3O2. The van der Waals surface area contributed by atoms with Crippen molar-refractivity contribution in [1.82, 2.24) is 0 Å². The predicted octanol–water partition coefficient (Wildman–Crippen LogP) is 3.48. The van der Waals surface area contributed by atoms with Gasteiger partial charge in [-0.15, -0.1) is 0 Å². The van der Waals surface area contributed by atoms with E-state index in [1.54, 1.807) is 0 Å². The average molecular weight is 295 g/mol. The van der Waals surface area contributed by atoms with E-state index >= 15 is 0 Å². The lowest BCUT2D eigenvalue weighted by atomic mass is 10.0. The number of hydrogen-bond acceptors (Lipinski definition) is 2. The third-order valence-electron chi connectivity index (χ3n) is 1.95. The summed E-state index contributed by atoms with van der Waals surface area (Å²) in [6.45, 7) is 1.04. The Balaban J connectivity index is 3.55. The number of aldehydes is 1. The second kappa shape index (κ2) is 4.37. The van der Waals surface area contributed by atoms with Gasteiger partial charge in [-0.05, 0) is 19.1 Å². The van der Waals surface area contributed by atoms with Crippen LogP contribution in [0, 0.1) is 0 Å². The van der Waals surface area contributed by atoms with Gasteiger partial charge in [-0.3, -0.25) is 9.59 Å². The van der Waals surface area contributed by atoms with Crippen LogP contribution < -0.4 is 0 Å². The summed E-state index contributed by atoms with van der Waals surface area (Å²) in [6, 6.07) is 1.67. The monoisotopic (exact) mass is 294 g/mol. The van der Waals surface area contributed by atoms with Crippen LogP contribution in [0.15, 0.2) is 16.6 Å². The molecule has 0 aliphatic heterocycles. The van der Waals surface area contributed by atoms with Crippen molar-refractivity contribution < 1.29 is 22.8 Å². The number of alkyl halides is 3. The maximum atomic E-state index is 12.6. The summed E-state index contributed by atoms with van der Waals surface area (Å²) < 4.78 is 37.9. The van der Waals surface area contributed by atoms with Gasteiger partial charge in [-0.2, -0.15) is 13.2 Å². The Morgan fingerprint density at radius 1 is 1.38 bits per heavy atom. The molecule has 0 radical (unpaired) electrons. The largest absolute Gasteiger partial charge is 0.417 e. The Labute approximate surface area is 97.6 Å². The highest BCUT2D eigenvalue weighted by Gasteiger charge is 2.35. The topological polar surface area (TPSA) is 34.1 Å². The second-order valence-corrected chi connectivity index (χ2v) is 3.95. The molecule has 86 valence electrons. The number of carbonyl (C=O) groups excluding carboxylic acids is 2. The van der Waals surface area contributed by atoms with Gasteiger partial charge in [0.25, 0.3) is 0 Å². The zero-order valence-corrected chi connectivity index (χ0v) is 9.65. The Hall–Kier alpha value is -1.17. The molecule has 1 aromatic carbocycles. The fourth-order valence-electron chi connectivity index (χ4n) is 1.21. The van der Waals surface area contributed by atoms with Gasteiger partial charge in [-0.1, -0.05) is 15.9 Å². The lowest BCUT2D eigenvalue weighted by Crippen LogP contribution is -2.12. The van der Waals surface area contributed by atoms with Crippen LogP contribution in [0.5, 0.6) is 0 Å². The quantitative estimate of drug-likeness (QED) is 0.618. The van der Waals surface area contributed by atoms with E-state index in [-0.39, 0.29) is 10.0 Å². The third kappa shape index (κ3) is 2.49. The summed E-state index contributed by atoms with van der Waals surface area (Å²) in [5.41, 5.74) is -1.69. The summed E-state index contributed by atoms with van der Waals surface area (Å²) in [4.78, 5) is 21.6. The van der Waals surface area contributed by atoms with Gasteiger partial charge in [0.1, 0.15) is 0 Å². The van der Waals surface area contributed by atoms with Crippen LogP contribution in [0.25, 0.3) is 0 Å². The molecule has 0 fully saturated rings. The normalized spacial score (nSPS) is 11.3. The number of hydrogen-bond donors (Lipinski definition) is 0. The third-order valence-corrected chi connectivity index (χ3v) is 2.64. The van der Waals surface area contributed by atoms with Crippen molar-refractivity contribution in [3.8, 4) is 0 Å². The fourth-order valence-corrected chi connectivity index (χ4v) is 1.64. The van der Waals surface area contributed by atoms with Crippen LogP contribution >= 0.6 is 15.9 Å². The van der Waals surface area contributed by atoms with E-state index in [9.17, 15) is 22.8 Å². The number of benzene rings is 1. The van der Waals surface area contributed by atoms with Crippen molar-refractivity contribution >= 4 is 28.0 Å². The lowest BCUT2D eigenvalue weighted by Gasteiger charge is -2.12. The van der Waals surface area contributed by atoms with Gasteiger partial charge in [0.2, 0.25) is 0 Å². The Morgan fingerprint density at radius 2 is 1.94 bits per heavy atom. The molecule has 1 aromatic rings. The van der Waals surface area contributed by atoms with E-state index in [1.165, 1.54) is 0 Å². The fraction of sp³-hybridized carbons (Fsp3) is 0.200. The first-order valence-electron chi connectivity index (χ1n) is 4.14. The predicted molar refractivity (Wildman–Crippen MR) is 54.5 cm³/mol. The number of rotatable bonds is 2. The summed E-state index contributed by atoms with van der Waals surface area (Å²) >= 11 is 2.93. The summed E-state index contributed by atoms with van der Waals surface area (Å²) in [5.74, 6) is -0.703. The molecule has 6 heteroatoms. The molecule has 0 heterocycles. The van der Waals surface area contributed by atoms with Gasteiger partial charge in [0, 0.05) is 15.6 Å². The highest BCUT2D eigenvalue weighted by molar-refractivity contribution is 9.10. The Morgan fingerprint density at radius 3 is 2.31 bits per heavy atom. The smallest absolute Gasteiger partial charge is 0.298 e. The van der Waals surface area contributed by atoms with Gasteiger partial charge < -0.3 is 0 Å². The minimum absolute atomic E-state index is 0.141. The standard InChI is InChI=1S/C10H6BrF3O2/c1-5(16)7-3-9(11)6(4-15)2-8(7)10(12,13)14/h2-4H,1H3. The molecule has 0 bridgehead atoms. The van der Waals surface area contributed by atoms with Gasteiger partial charge in [0.15, 0.2) is 12.1 Å². The minimum Gasteiger partial charge on any atom is -0.298 e.